The maximum Gasteiger partial charge on any atom is 0.332 e. The lowest BCUT2D eigenvalue weighted by molar-refractivity contribution is -0.143. The molecule has 1 aromatic rings. The Morgan fingerprint density at radius 1 is 0.559 bits per heavy atom. The van der Waals surface area contributed by atoms with E-state index < -0.39 is 10.0 Å². The molecule has 0 heterocycles. The fourth-order valence-electron chi connectivity index (χ4n) is 7.84. The van der Waals surface area contributed by atoms with Gasteiger partial charge in [-0.05, 0) is 44.2 Å². The van der Waals surface area contributed by atoms with Gasteiger partial charge < -0.3 is 9.64 Å². The number of nitrogens with zero attached hydrogens (tertiary/aromatic N) is 3. The van der Waals surface area contributed by atoms with Crippen molar-refractivity contribution >= 4 is 21.7 Å². The molecule has 7 nitrogen and oxygen atoms in total. The van der Waals surface area contributed by atoms with Crippen LogP contribution in [-0.2, 0) is 19.6 Å². The van der Waals surface area contributed by atoms with Gasteiger partial charge in [0.1, 0.15) is 6.10 Å². The van der Waals surface area contributed by atoms with E-state index in [1.54, 1.807) is 30.3 Å². The van der Waals surface area contributed by atoms with Crippen molar-refractivity contribution in [1.29, 1.82) is 0 Å². The monoisotopic (exact) mass is 844 g/mol. The number of carbonyl (C=O) groups is 1. The van der Waals surface area contributed by atoms with Gasteiger partial charge in [0, 0.05) is 25.4 Å². The molecule has 0 aliphatic carbocycles. The van der Waals surface area contributed by atoms with E-state index >= 15 is 0 Å². The van der Waals surface area contributed by atoms with E-state index in [1.165, 1.54) is 193 Å². The molecule has 0 N–H and O–H groups in total. The van der Waals surface area contributed by atoms with E-state index in [2.05, 4.69) is 28.4 Å². The van der Waals surface area contributed by atoms with Crippen LogP contribution in [0.1, 0.15) is 245 Å². The van der Waals surface area contributed by atoms with Crippen molar-refractivity contribution in [3.05, 3.63) is 42.6 Å². The third-order valence-corrected chi connectivity index (χ3v) is 12.9. The van der Waals surface area contributed by atoms with Gasteiger partial charge in [-0.15, -0.1) is 5.11 Å². The maximum atomic E-state index is 12.9. The fraction of sp³-hybridized carbons (Fsp3) is 0.824. The van der Waals surface area contributed by atoms with Crippen LogP contribution in [0.5, 0.6) is 0 Å². The number of benzene rings is 1. The van der Waals surface area contributed by atoms with Crippen molar-refractivity contribution in [2.24, 2.45) is 9.63 Å². The molecule has 1 aromatic carbocycles. The van der Waals surface area contributed by atoms with E-state index in [0.717, 1.165) is 25.9 Å². The van der Waals surface area contributed by atoms with E-state index in [-0.39, 0.29) is 17.8 Å². The number of rotatable bonds is 44. The first-order valence-corrected chi connectivity index (χ1v) is 26.8. The Balaban J connectivity index is 2.38. The van der Waals surface area contributed by atoms with Gasteiger partial charge in [-0.3, -0.25) is 0 Å². The average molecular weight is 844 g/mol. The predicted octanol–water partition coefficient (Wildman–Crippen LogP) is 16.5. The fourth-order valence-corrected chi connectivity index (χ4v) is 8.67. The van der Waals surface area contributed by atoms with Gasteiger partial charge in [-0.2, -0.15) is 0 Å². The van der Waals surface area contributed by atoms with Crippen LogP contribution in [0.2, 0.25) is 0 Å². The van der Waals surface area contributed by atoms with Crippen LogP contribution in [0.3, 0.4) is 0 Å². The number of sulfonamides is 1. The summed E-state index contributed by atoms with van der Waals surface area (Å²) >= 11 is 0. The van der Waals surface area contributed by atoms with Crippen molar-refractivity contribution in [1.82, 2.24) is 4.90 Å². The molecule has 342 valence electrons. The molecule has 0 saturated carbocycles. The lowest BCUT2D eigenvalue weighted by Gasteiger charge is -2.21. The zero-order valence-corrected chi connectivity index (χ0v) is 39.7. The minimum atomic E-state index is -3.69. The van der Waals surface area contributed by atoms with Gasteiger partial charge in [0.2, 0.25) is 0 Å². The van der Waals surface area contributed by atoms with Crippen LogP contribution in [-0.4, -0.2) is 44.2 Å². The molecule has 1 rings (SSSR count). The molecule has 59 heavy (non-hydrogen) atoms. The molecule has 0 aliphatic heterocycles. The van der Waals surface area contributed by atoms with Gasteiger partial charge in [0.25, 0.3) is 10.0 Å². The molecule has 0 bridgehead atoms. The molecule has 0 amide bonds. The van der Waals surface area contributed by atoms with Gasteiger partial charge in [0.05, 0.1) is 11.4 Å². The summed E-state index contributed by atoms with van der Waals surface area (Å²) in [4.78, 5) is 15.2. The molecule has 1 unspecified atom stereocenters. The van der Waals surface area contributed by atoms with E-state index in [4.69, 9.17) is 4.74 Å². The minimum Gasteiger partial charge on any atom is -0.459 e. The van der Waals surface area contributed by atoms with Crippen molar-refractivity contribution in [2.75, 3.05) is 18.8 Å². The number of unbranched alkanes of at least 4 members (excludes halogenated alkanes) is 30. The van der Waals surface area contributed by atoms with Crippen molar-refractivity contribution in [3.8, 4) is 0 Å². The summed E-state index contributed by atoms with van der Waals surface area (Å²) in [6.45, 7) is 8.47. The Morgan fingerprint density at radius 3 is 1.31 bits per heavy atom. The van der Waals surface area contributed by atoms with E-state index in [0.29, 0.717) is 24.9 Å². The number of hydrogen-bond acceptors (Lipinski definition) is 6. The minimum absolute atomic E-state index is 0.125. The maximum absolute atomic E-state index is 12.9. The standard InChI is InChI=1S/C51H93N3O4S/c1-4-7-9-11-13-15-17-19-21-23-25-27-29-31-33-38-45-54(46-39-34-32-30-28-26-24-22-20-18-16-14-12-10-8-5-2)47-44-51(55)58-50(6-3)43-40-48-59(56,57)53-52-49-41-36-35-37-42-49/h35-37,41-42,44,47,50H,4-34,38-40,43,45-46,48H2,1-3H3/b47-44+,53-52?. The van der Waals surface area contributed by atoms with Crippen molar-refractivity contribution in [2.45, 2.75) is 252 Å². The average Bonchev–Trinajstić information content (AvgIpc) is 3.24. The first-order valence-electron chi connectivity index (χ1n) is 25.2. The molecule has 0 aromatic heterocycles. The Kier molecular flexibility index (Phi) is 38.2. The van der Waals surface area contributed by atoms with Crippen LogP contribution in [0.4, 0.5) is 5.69 Å². The number of carbonyl (C=O) groups excluding carboxylic acids is 1. The van der Waals surface area contributed by atoms with Crippen LogP contribution < -0.4 is 0 Å². The number of esters is 1. The first-order chi connectivity index (χ1) is 28.9. The zero-order valence-electron chi connectivity index (χ0n) is 38.9. The van der Waals surface area contributed by atoms with Crippen molar-refractivity contribution in [3.63, 3.8) is 0 Å². The summed E-state index contributed by atoms with van der Waals surface area (Å²) in [6, 6.07) is 8.84. The first kappa shape index (κ1) is 54.8. The number of ether oxygens (including phenoxy) is 1. The molecular weight excluding hydrogens is 751 g/mol. The second-order valence-electron chi connectivity index (χ2n) is 17.4. The summed E-state index contributed by atoms with van der Waals surface area (Å²) in [5.41, 5.74) is 0.502. The van der Waals surface area contributed by atoms with Crippen LogP contribution in [0.25, 0.3) is 0 Å². The Morgan fingerprint density at radius 2 is 0.932 bits per heavy atom. The van der Waals surface area contributed by atoms with Crippen LogP contribution in [0, 0.1) is 0 Å². The Hall–Kier alpha value is -2.22. The van der Waals surface area contributed by atoms with E-state index in [9.17, 15) is 13.2 Å². The van der Waals surface area contributed by atoms with Gasteiger partial charge >= 0.3 is 5.97 Å². The van der Waals surface area contributed by atoms with Crippen LogP contribution in [0.15, 0.2) is 52.2 Å². The molecule has 0 saturated heterocycles. The van der Waals surface area contributed by atoms with Crippen LogP contribution >= 0.6 is 0 Å². The summed E-state index contributed by atoms with van der Waals surface area (Å²) in [5, 5.41) is 3.85. The second-order valence-corrected chi connectivity index (χ2v) is 19.1. The summed E-state index contributed by atoms with van der Waals surface area (Å²) < 4.78 is 34.1. The Labute approximate surface area is 365 Å². The highest BCUT2D eigenvalue weighted by atomic mass is 32.2. The molecule has 1 atom stereocenters. The highest BCUT2D eigenvalue weighted by Crippen LogP contribution is 2.17. The highest BCUT2D eigenvalue weighted by Gasteiger charge is 2.15. The zero-order chi connectivity index (χ0) is 42.8. The largest absolute Gasteiger partial charge is 0.459 e. The van der Waals surface area contributed by atoms with Gasteiger partial charge in [-0.25, -0.2) is 13.2 Å². The van der Waals surface area contributed by atoms with Gasteiger partial charge in [-0.1, -0.05) is 236 Å². The van der Waals surface area contributed by atoms with Crippen molar-refractivity contribution < 1.29 is 17.9 Å². The third-order valence-electron chi connectivity index (χ3n) is 11.7. The Bertz CT molecular complexity index is 1190. The smallest absolute Gasteiger partial charge is 0.332 e. The summed E-state index contributed by atoms with van der Waals surface area (Å²) in [7, 11) is -3.69. The quantitative estimate of drug-likeness (QED) is 0.0282. The third kappa shape index (κ3) is 37.3. The molecule has 0 spiro atoms. The summed E-state index contributed by atoms with van der Waals surface area (Å²) in [6.07, 6.45) is 48.2. The normalized spacial score (nSPS) is 12.5. The van der Waals surface area contributed by atoms with E-state index in [1.807, 2.05) is 19.2 Å². The second kappa shape index (κ2) is 41.1. The molecular formula is C51H93N3O4S. The molecule has 0 fully saturated rings. The lowest BCUT2D eigenvalue weighted by Crippen LogP contribution is -2.22. The van der Waals surface area contributed by atoms with Gasteiger partial charge in [0.15, 0.2) is 0 Å². The predicted molar refractivity (Wildman–Crippen MR) is 254 cm³/mol. The lowest BCUT2D eigenvalue weighted by atomic mass is 10.0. The SMILES string of the molecule is CCCCCCCCCCCCCCCCCCN(/C=C/C(=O)OC(CC)CCCS(=O)(=O)N=Nc1ccccc1)CCCCCCCCCCCCCCCCCC. The topological polar surface area (TPSA) is 88.4 Å². The molecule has 8 heteroatoms. The number of hydrogen-bond donors (Lipinski definition) is 0. The highest BCUT2D eigenvalue weighted by molar-refractivity contribution is 7.89. The molecule has 0 aliphatic rings. The molecule has 0 radical (unpaired) electrons. The summed E-state index contributed by atoms with van der Waals surface area (Å²) in [5.74, 6) is -0.480.